The fourth-order valence-electron chi connectivity index (χ4n) is 4.63. The van der Waals surface area contributed by atoms with Gasteiger partial charge in [-0.05, 0) is 25.7 Å². The van der Waals surface area contributed by atoms with Gasteiger partial charge in [0.2, 0.25) is 23.6 Å². The third-order valence-corrected chi connectivity index (χ3v) is 6.37. The normalized spacial score (nSPS) is 34.5. The van der Waals surface area contributed by atoms with E-state index in [4.69, 9.17) is 0 Å². The van der Waals surface area contributed by atoms with Gasteiger partial charge in [-0.2, -0.15) is 0 Å². The van der Waals surface area contributed by atoms with Crippen LogP contribution in [0.4, 0.5) is 0 Å². The number of carbonyl (C=O) groups excluding carboxylic acids is 4. The van der Waals surface area contributed by atoms with E-state index in [1.165, 1.54) is 9.80 Å². The predicted octanol–water partition coefficient (Wildman–Crippen LogP) is -0.816. The van der Waals surface area contributed by atoms with E-state index in [9.17, 15) is 19.2 Å². The Kier molecular flexibility index (Phi) is 3.69. The summed E-state index contributed by atoms with van der Waals surface area (Å²) in [7, 11) is 0. The van der Waals surface area contributed by atoms with E-state index in [0.717, 1.165) is 25.7 Å². The Labute approximate surface area is 152 Å². The quantitative estimate of drug-likeness (QED) is 0.610. The minimum Gasteiger partial charge on any atom is -0.289 e. The number of nitrogens with zero attached hydrogens (tertiary/aromatic N) is 4. The minimum atomic E-state index is -0.339. The second-order valence-electron chi connectivity index (χ2n) is 8.18. The van der Waals surface area contributed by atoms with E-state index in [1.54, 1.807) is 0 Å². The van der Waals surface area contributed by atoms with Crippen molar-refractivity contribution in [3.05, 3.63) is 0 Å². The molecule has 5 aliphatic rings. The lowest BCUT2D eigenvalue weighted by Gasteiger charge is -2.38. The molecular weight excluding hydrogens is 336 g/mol. The largest absolute Gasteiger partial charge is 0.289 e. The highest BCUT2D eigenvalue weighted by Crippen LogP contribution is 2.35. The third-order valence-electron chi connectivity index (χ3n) is 6.37. The van der Waals surface area contributed by atoms with Crippen molar-refractivity contribution < 1.29 is 19.2 Å². The molecule has 3 saturated heterocycles. The Morgan fingerprint density at radius 3 is 1.23 bits per heavy atom. The molecule has 0 aromatic rings. The molecule has 0 spiro atoms. The molecular formula is C18H24N4O4. The highest BCUT2D eigenvalue weighted by molar-refractivity contribution is 6.06. The van der Waals surface area contributed by atoms with Gasteiger partial charge in [-0.1, -0.05) is 0 Å². The topological polar surface area (TPSA) is 81.2 Å². The molecule has 5 fully saturated rings. The first-order chi connectivity index (χ1) is 12.5. The first-order valence-corrected chi connectivity index (χ1v) is 9.74. The molecule has 0 bridgehead atoms. The van der Waals surface area contributed by atoms with E-state index in [-0.39, 0.29) is 60.6 Å². The molecule has 0 aromatic heterocycles. The molecule has 0 unspecified atom stereocenters. The third kappa shape index (κ3) is 2.58. The summed E-state index contributed by atoms with van der Waals surface area (Å²) in [6, 6.07) is -0.406. The van der Waals surface area contributed by atoms with Gasteiger partial charge >= 0.3 is 0 Å². The van der Waals surface area contributed by atoms with Gasteiger partial charge in [0, 0.05) is 38.3 Å². The number of amides is 4. The predicted molar refractivity (Wildman–Crippen MR) is 89.7 cm³/mol. The minimum absolute atomic E-state index is 0.0402. The van der Waals surface area contributed by atoms with Crippen LogP contribution in [0.3, 0.4) is 0 Å². The van der Waals surface area contributed by atoms with Gasteiger partial charge in [0.15, 0.2) is 0 Å². The summed E-state index contributed by atoms with van der Waals surface area (Å²) in [4.78, 5) is 56.6. The van der Waals surface area contributed by atoms with Gasteiger partial charge in [0.05, 0.1) is 24.9 Å². The molecule has 8 heteroatoms. The first-order valence-electron chi connectivity index (χ1n) is 9.74. The number of likely N-dealkylation sites (tertiary alicyclic amines) is 2. The number of hydrogen-bond donors (Lipinski definition) is 0. The van der Waals surface area contributed by atoms with E-state index < -0.39 is 0 Å². The SMILES string of the molecule is O=C1C[C@H](N2CCN([C@H]3CC(=O)N(C4CC4)C3=O)CC2)C(=O)N1C1CC1. The Morgan fingerprint density at radius 2 is 0.923 bits per heavy atom. The van der Waals surface area contributed by atoms with Crippen LogP contribution in [0.25, 0.3) is 0 Å². The van der Waals surface area contributed by atoms with E-state index in [1.807, 2.05) is 0 Å². The molecule has 0 N–H and O–H groups in total. The molecule has 8 nitrogen and oxygen atoms in total. The van der Waals surface area contributed by atoms with Crippen molar-refractivity contribution in [1.29, 1.82) is 0 Å². The Morgan fingerprint density at radius 1 is 0.577 bits per heavy atom. The highest BCUT2D eigenvalue weighted by Gasteiger charge is 2.50. The average molecular weight is 360 g/mol. The van der Waals surface area contributed by atoms with Crippen LogP contribution < -0.4 is 0 Å². The number of piperazine rings is 1. The van der Waals surface area contributed by atoms with Crippen LogP contribution in [0.2, 0.25) is 0 Å². The van der Waals surface area contributed by atoms with Crippen LogP contribution >= 0.6 is 0 Å². The van der Waals surface area contributed by atoms with Crippen LogP contribution in [0.5, 0.6) is 0 Å². The van der Waals surface area contributed by atoms with E-state index >= 15 is 0 Å². The number of carbonyl (C=O) groups is 4. The summed E-state index contributed by atoms with van der Waals surface area (Å²) in [5.74, 6) is -0.167. The molecule has 3 aliphatic heterocycles. The average Bonchev–Trinajstić information content (AvgIpc) is 3.54. The number of imide groups is 2. The van der Waals surface area contributed by atoms with Crippen molar-refractivity contribution in [1.82, 2.24) is 19.6 Å². The van der Waals surface area contributed by atoms with Crippen molar-refractivity contribution in [3.8, 4) is 0 Å². The second kappa shape index (κ2) is 5.85. The van der Waals surface area contributed by atoms with Crippen LogP contribution in [0, 0.1) is 0 Å². The van der Waals surface area contributed by atoms with Crippen molar-refractivity contribution in [2.75, 3.05) is 26.2 Å². The maximum absolute atomic E-state index is 12.6. The van der Waals surface area contributed by atoms with E-state index in [2.05, 4.69) is 9.80 Å². The molecule has 26 heavy (non-hydrogen) atoms. The molecule has 4 amide bonds. The molecule has 2 atom stereocenters. The summed E-state index contributed by atoms with van der Waals surface area (Å²) >= 11 is 0. The van der Waals surface area contributed by atoms with Gasteiger partial charge in [-0.25, -0.2) is 0 Å². The summed E-state index contributed by atoms with van der Waals surface area (Å²) in [5, 5.41) is 0. The van der Waals surface area contributed by atoms with Gasteiger partial charge in [-0.3, -0.25) is 38.8 Å². The Balaban J connectivity index is 1.20. The highest BCUT2D eigenvalue weighted by atomic mass is 16.2. The van der Waals surface area contributed by atoms with Crippen LogP contribution in [-0.2, 0) is 19.2 Å². The van der Waals surface area contributed by atoms with Crippen LogP contribution in [-0.4, -0.2) is 93.6 Å². The van der Waals surface area contributed by atoms with Crippen LogP contribution in [0.1, 0.15) is 38.5 Å². The fourth-order valence-corrected chi connectivity index (χ4v) is 4.63. The van der Waals surface area contributed by atoms with E-state index in [0.29, 0.717) is 26.2 Å². The van der Waals surface area contributed by atoms with Crippen molar-refractivity contribution in [3.63, 3.8) is 0 Å². The lowest BCUT2D eigenvalue weighted by atomic mass is 10.1. The fraction of sp³-hybridized carbons (Fsp3) is 0.778. The van der Waals surface area contributed by atoms with Gasteiger partial charge in [0.25, 0.3) is 0 Å². The summed E-state index contributed by atoms with van der Waals surface area (Å²) in [6.07, 6.45) is 4.32. The van der Waals surface area contributed by atoms with Crippen LogP contribution in [0.15, 0.2) is 0 Å². The standard InChI is InChI=1S/C18H24N4O4/c23-15-9-13(17(25)21(15)11-1-2-11)19-5-7-20(8-6-19)14-10-16(24)22(18(14)26)12-3-4-12/h11-14H,1-10H2/t13-,14-/m0/s1. The van der Waals surface area contributed by atoms with Crippen molar-refractivity contribution in [2.45, 2.75) is 62.7 Å². The maximum Gasteiger partial charge on any atom is 0.247 e. The number of hydrogen-bond acceptors (Lipinski definition) is 6. The molecule has 5 rings (SSSR count). The lowest BCUT2D eigenvalue weighted by molar-refractivity contribution is -0.143. The molecule has 2 saturated carbocycles. The molecule has 2 aliphatic carbocycles. The number of rotatable bonds is 4. The molecule has 140 valence electrons. The molecule has 0 radical (unpaired) electrons. The smallest absolute Gasteiger partial charge is 0.247 e. The van der Waals surface area contributed by atoms with Gasteiger partial charge in [0.1, 0.15) is 0 Å². The monoisotopic (exact) mass is 360 g/mol. The zero-order valence-corrected chi connectivity index (χ0v) is 14.8. The lowest BCUT2D eigenvalue weighted by Crippen LogP contribution is -2.56. The summed E-state index contributed by atoms with van der Waals surface area (Å²) < 4.78 is 0. The summed E-state index contributed by atoms with van der Waals surface area (Å²) in [6.45, 7) is 2.63. The summed E-state index contributed by atoms with van der Waals surface area (Å²) in [5.41, 5.74) is 0. The van der Waals surface area contributed by atoms with Gasteiger partial charge in [-0.15, -0.1) is 0 Å². The first kappa shape index (κ1) is 16.4. The van der Waals surface area contributed by atoms with Gasteiger partial charge < -0.3 is 0 Å². The van der Waals surface area contributed by atoms with Crippen molar-refractivity contribution >= 4 is 23.6 Å². The Hall–Kier alpha value is -1.80. The van der Waals surface area contributed by atoms with Crippen molar-refractivity contribution in [2.24, 2.45) is 0 Å². The zero-order chi connectivity index (χ0) is 18.0. The maximum atomic E-state index is 12.6. The Bertz CT molecular complexity index is 621. The molecule has 0 aromatic carbocycles. The second-order valence-corrected chi connectivity index (χ2v) is 8.18. The molecule has 3 heterocycles. The zero-order valence-electron chi connectivity index (χ0n) is 14.8.